The van der Waals surface area contributed by atoms with Crippen molar-refractivity contribution < 1.29 is 17.9 Å². The second-order valence-electron chi connectivity index (χ2n) is 5.67. The van der Waals surface area contributed by atoms with Gasteiger partial charge in [0.05, 0.1) is 11.9 Å². The third-order valence-electron chi connectivity index (χ3n) is 3.94. The molecule has 1 unspecified atom stereocenters. The lowest BCUT2D eigenvalue weighted by Gasteiger charge is -2.22. The molecule has 0 saturated heterocycles. The Hall–Kier alpha value is -0.980. The van der Waals surface area contributed by atoms with Crippen LogP contribution in [0.1, 0.15) is 43.8 Å². The van der Waals surface area contributed by atoms with Gasteiger partial charge in [-0.1, -0.05) is 37.5 Å². The minimum Gasteiger partial charge on any atom is -0.387 e. The summed E-state index contributed by atoms with van der Waals surface area (Å²) in [7, 11) is -3.43. The van der Waals surface area contributed by atoms with Gasteiger partial charge in [-0.2, -0.15) is 0 Å². The van der Waals surface area contributed by atoms with Gasteiger partial charge >= 0.3 is 0 Å². The van der Waals surface area contributed by atoms with Crippen LogP contribution in [0.15, 0.2) is 24.3 Å². The summed E-state index contributed by atoms with van der Waals surface area (Å²) in [5.41, 5.74) is 0.109. The average Bonchev–Trinajstić information content (AvgIpc) is 2.46. The number of hydrogen-bond donors (Lipinski definition) is 2. The van der Waals surface area contributed by atoms with Crippen LogP contribution in [0.3, 0.4) is 0 Å². The zero-order valence-corrected chi connectivity index (χ0v) is 12.8. The number of benzene rings is 1. The Bertz CT molecular complexity index is 556. The summed E-state index contributed by atoms with van der Waals surface area (Å²) >= 11 is 0. The van der Waals surface area contributed by atoms with Crippen molar-refractivity contribution in [3.63, 3.8) is 0 Å². The van der Waals surface area contributed by atoms with Crippen LogP contribution in [0.2, 0.25) is 0 Å². The van der Waals surface area contributed by atoms with E-state index >= 15 is 0 Å². The molecule has 0 radical (unpaired) electrons. The van der Waals surface area contributed by atoms with Gasteiger partial charge in [-0.05, 0) is 24.8 Å². The second kappa shape index (κ2) is 7.33. The molecule has 1 aliphatic rings. The van der Waals surface area contributed by atoms with Crippen LogP contribution in [0.25, 0.3) is 0 Å². The van der Waals surface area contributed by atoms with Crippen LogP contribution in [0.4, 0.5) is 4.39 Å². The van der Waals surface area contributed by atoms with Gasteiger partial charge < -0.3 is 5.11 Å². The number of aliphatic hydroxyl groups excluding tert-OH is 1. The predicted molar refractivity (Wildman–Crippen MR) is 79.7 cm³/mol. The highest BCUT2D eigenvalue weighted by Crippen LogP contribution is 2.24. The Labute approximate surface area is 125 Å². The molecule has 1 fully saturated rings. The lowest BCUT2D eigenvalue weighted by molar-refractivity contribution is 0.177. The zero-order valence-electron chi connectivity index (χ0n) is 12.0. The van der Waals surface area contributed by atoms with E-state index in [4.69, 9.17) is 0 Å². The molecule has 2 N–H and O–H groups in total. The summed E-state index contributed by atoms with van der Waals surface area (Å²) in [6, 6.07) is 5.83. The number of aliphatic hydroxyl groups is 1. The summed E-state index contributed by atoms with van der Waals surface area (Å²) in [5.74, 6) is -0.241. The Morgan fingerprint density at radius 1 is 1.24 bits per heavy atom. The SMILES string of the molecule is O=S(=O)(CC1CCCCC1)NCC(O)c1ccccc1F. The predicted octanol–water partition coefficient (Wildman–Crippen LogP) is 2.36. The highest BCUT2D eigenvalue weighted by atomic mass is 32.2. The molecule has 4 nitrogen and oxygen atoms in total. The molecule has 0 amide bonds. The Balaban J connectivity index is 1.87. The van der Waals surface area contributed by atoms with E-state index in [2.05, 4.69) is 4.72 Å². The van der Waals surface area contributed by atoms with E-state index in [0.717, 1.165) is 25.7 Å². The van der Waals surface area contributed by atoms with E-state index in [1.54, 1.807) is 6.07 Å². The number of sulfonamides is 1. The van der Waals surface area contributed by atoms with Crippen molar-refractivity contribution in [2.45, 2.75) is 38.2 Å². The number of nitrogens with one attached hydrogen (secondary N) is 1. The molecule has 2 rings (SSSR count). The second-order valence-corrected chi connectivity index (χ2v) is 7.52. The molecule has 1 aliphatic carbocycles. The van der Waals surface area contributed by atoms with Crippen molar-refractivity contribution >= 4 is 10.0 Å². The molecule has 0 aliphatic heterocycles. The maximum atomic E-state index is 13.5. The van der Waals surface area contributed by atoms with Crippen molar-refractivity contribution in [3.05, 3.63) is 35.6 Å². The first-order valence-corrected chi connectivity index (χ1v) is 9.03. The van der Waals surface area contributed by atoms with Gasteiger partial charge in [0, 0.05) is 12.1 Å². The molecule has 1 aromatic carbocycles. The Morgan fingerprint density at radius 3 is 2.57 bits per heavy atom. The maximum absolute atomic E-state index is 13.5. The fraction of sp³-hybridized carbons (Fsp3) is 0.600. The summed E-state index contributed by atoms with van der Waals surface area (Å²) in [6.07, 6.45) is 4.05. The quantitative estimate of drug-likeness (QED) is 0.847. The minimum atomic E-state index is -3.43. The molecule has 1 aromatic rings. The monoisotopic (exact) mass is 315 g/mol. The third-order valence-corrected chi connectivity index (χ3v) is 5.46. The third kappa shape index (κ3) is 5.05. The summed E-state index contributed by atoms with van der Waals surface area (Å²) in [4.78, 5) is 0. The highest BCUT2D eigenvalue weighted by Gasteiger charge is 2.22. The van der Waals surface area contributed by atoms with E-state index in [1.165, 1.54) is 24.6 Å². The van der Waals surface area contributed by atoms with Crippen molar-refractivity contribution in [2.75, 3.05) is 12.3 Å². The lowest BCUT2D eigenvalue weighted by Crippen LogP contribution is -2.33. The van der Waals surface area contributed by atoms with Gasteiger partial charge in [0.2, 0.25) is 10.0 Å². The summed E-state index contributed by atoms with van der Waals surface area (Å²) in [6.45, 7) is -0.198. The van der Waals surface area contributed by atoms with E-state index < -0.39 is 21.9 Å². The largest absolute Gasteiger partial charge is 0.387 e. The van der Waals surface area contributed by atoms with E-state index in [9.17, 15) is 17.9 Å². The Morgan fingerprint density at radius 2 is 1.90 bits per heavy atom. The molecule has 118 valence electrons. The summed E-state index contributed by atoms with van der Waals surface area (Å²) < 4.78 is 39.9. The Kier molecular flexibility index (Phi) is 5.72. The molecule has 0 spiro atoms. The minimum absolute atomic E-state index is 0.0942. The van der Waals surface area contributed by atoms with Crippen molar-refractivity contribution in [1.82, 2.24) is 4.72 Å². The molecule has 0 aromatic heterocycles. The van der Waals surface area contributed by atoms with Gasteiger partial charge in [-0.3, -0.25) is 0 Å². The normalized spacial score (nSPS) is 18.6. The summed E-state index contributed by atoms with van der Waals surface area (Å²) in [5, 5.41) is 9.90. The molecule has 21 heavy (non-hydrogen) atoms. The van der Waals surface area contributed by atoms with Gasteiger partial charge in [-0.15, -0.1) is 0 Å². The molecular formula is C15H22FNO3S. The zero-order chi connectivity index (χ0) is 15.3. The van der Waals surface area contributed by atoms with Crippen LogP contribution in [-0.2, 0) is 10.0 Å². The van der Waals surface area contributed by atoms with Crippen LogP contribution >= 0.6 is 0 Å². The molecular weight excluding hydrogens is 293 g/mol. The van der Waals surface area contributed by atoms with Crippen LogP contribution in [-0.4, -0.2) is 25.8 Å². The van der Waals surface area contributed by atoms with E-state index in [-0.39, 0.29) is 23.8 Å². The number of halogens is 1. The first-order valence-electron chi connectivity index (χ1n) is 7.38. The van der Waals surface area contributed by atoms with Crippen molar-refractivity contribution in [3.8, 4) is 0 Å². The van der Waals surface area contributed by atoms with Gasteiger partial charge in [0.25, 0.3) is 0 Å². The molecule has 0 heterocycles. The van der Waals surface area contributed by atoms with Crippen LogP contribution < -0.4 is 4.72 Å². The average molecular weight is 315 g/mol. The van der Waals surface area contributed by atoms with Crippen LogP contribution in [0, 0.1) is 11.7 Å². The van der Waals surface area contributed by atoms with E-state index in [1.807, 2.05) is 0 Å². The fourth-order valence-electron chi connectivity index (χ4n) is 2.78. The molecule has 0 bridgehead atoms. The van der Waals surface area contributed by atoms with Crippen LogP contribution in [0.5, 0.6) is 0 Å². The fourth-order valence-corrected chi connectivity index (χ4v) is 4.27. The molecule has 6 heteroatoms. The van der Waals surface area contributed by atoms with E-state index in [0.29, 0.717) is 0 Å². The maximum Gasteiger partial charge on any atom is 0.211 e. The van der Waals surface area contributed by atoms with Crippen molar-refractivity contribution in [2.24, 2.45) is 5.92 Å². The smallest absolute Gasteiger partial charge is 0.211 e. The number of rotatable bonds is 6. The van der Waals surface area contributed by atoms with Gasteiger partial charge in [0.15, 0.2) is 0 Å². The van der Waals surface area contributed by atoms with Gasteiger partial charge in [-0.25, -0.2) is 17.5 Å². The highest BCUT2D eigenvalue weighted by molar-refractivity contribution is 7.89. The molecule has 1 atom stereocenters. The van der Waals surface area contributed by atoms with Crippen molar-refractivity contribution in [1.29, 1.82) is 0 Å². The first kappa shape index (κ1) is 16.4. The standard InChI is InChI=1S/C15H22FNO3S/c16-14-9-5-4-8-13(14)15(18)10-17-21(19,20)11-12-6-2-1-3-7-12/h4-5,8-9,12,15,17-18H,1-3,6-7,10-11H2. The lowest BCUT2D eigenvalue weighted by atomic mass is 9.91. The first-order chi connectivity index (χ1) is 9.98. The van der Waals surface area contributed by atoms with Gasteiger partial charge in [0.1, 0.15) is 5.82 Å². The molecule has 1 saturated carbocycles. The number of hydrogen-bond acceptors (Lipinski definition) is 3. The topological polar surface area (TPSA) is 66.4 Å².